The summed E-state index contributed by atoms with van der Waals surface area (Å²) in [6, 6.07) is 24.7. The Balaban J connectivity index is 0.000000451. The van der Waals surface area contributed by atoms with Crippen molar-refractivity contribution >= 4 is 12.4 Å². The average molecular weight is 792 g/mol. The van der Waals surface area contributed by atoms with Gasteiger partial charge in [0.25, 0.3) is 0 Å². The normalized spacial score (nSPS) is 16.7. The molecule has 3 N–H and O–H groups in total. The van der Waals surface area contributed by atoms with E-state index in [1.807, 2.05) is 42.8 Å². The summed E-state index contributed by atoms with van der Waals surface area (Å²) >= 11 is 0. The maximum Gasteiger partial charge on any atom is 0.128 e. The minimum atomic E-state index is -0.179. The summed E-state index contributed by atoms with van der Waals surface area (Å²) in [6.45, 7) is 26.0. The molecule has 6 nitrogen and oxygen atoms in total. The van der Waals surface area contributed by atoms with E-state index in [1.54, 1.807) is 24.3 Å². The van der Waals surface area contributed by atoms with Gasteiger partial charge in [0.05, 0.1) is 12.1 Å². The molecule has 4 aromatic carbocycles. The molecule has 1 radical (unpaired) electrons. The summed E-state index contributed by atoms with van der Waals surface area (Å²) in [6.07, 6.45) is 7.90. The van der Waals surface area contributed by atoms with E-state index in [2.05, 4.69) is 107 Å². The molecule has 2 atom stereocenters. The summed E-state index contributed by atoms with van der Waals surface area (Å²) < 4.78 is 5.52. The van der Waals surface area contributed by atoms with Crippen molar-refractivity contribution in [3.63, 3.8) is 0 Å². The number of aliphatic imine (C=N–C) groups is 2. The van der Waals surface area contributed by atoms with Gasteiger partial charge in [-0.3, -0.25) is 9.98 Å². The van der Waals surface area contributed by atoms with Crippen LogP contribution in [0.4, 0.5) is 0 Å². The summed E-state index contributed by atoms with van der Waals surface area (Å²) in [7, 11) is 0. The number of hydrogen-bond acceptors (Lipinski definition) is 6. The second-order valence-electron chi connectivity index (χ2n) is 18.8. The van der Waals surface area contributed by atoms with Gasteiger partial charge in [0.15, 0.2) is 0 Å². The fourth-order valence-electron chi connectivity index (χ4n) is 6.45. The Morgan fingerprint density at radius 3 is 1.27 bits per heavy atom. The molecule has 299 valence electrons. The third-order valence-electron chi connectivity index (χ3n) is 9.95. The smallest absolute Gasteiger partial charge is 0.128 e. The number of para-hydroxylation sites is 1. The van der Waals surface area contributed by atoms with Gasteiger partial charge < -0.3 is 20.1 Å². The van der Waals surface area contributed by atoms with E-state index in [-0.39, 0.29) is 56.3 Å². The molecule has 0 aliphatic heterocycles. The van der Waals surface area contributed by atoms with Crippen LogP contribution in [-0.2, 0) is 38.4 Å². The first-order valence-electron chi connectivity index (χ1n) is 19.4. The first-order chi connectivity index (χ1) is 25.0. The first kappa shape index (κ1) is 45.3. The Morgan fingerprint density at radius 2 is 0.909 bits per heavy atom. The fourth-order valence-corrected chi connectivity index (χ4v) is 6.45. The number of phenols is 3. The number of phenolic OH excluding ortho intramolecular Hbond substituents is 3. The Morgan fingerprint density at radius 1 is 0.527 bits per heavy atom. The van der Waals surface area contributed by atoms with Crippen LogP contribution in [0.25, 0.3) is 0 Å². The van der Waals surface area contributed by atoms with Gasteiger partial charge in [-0.05, 0) is 94.2 Å². The predicted molar refractivity (Wildman–Crippen MR) is 227 cm³/mol. The number of nitrogens with zero attached hydrogens (tertiary/aromatic N) is 2. The zero-order valence-electron chi connectivity index (χ0n) is 35.1. The number of benzene rings is 4. The summed E-state index contributed by atoms with van der Waals surface area (Å²) in [5.74, 6) is 2.38. The Hall–Kier alpha value is -4.07. The van der Waals surface area contributed by atoms with E-state index in [9.17, 15) is 10.2 Å². The second kappa shape index (κ2) is 18.2. The van der Waals surface area contributed by atoms with Gasteiger partial charge in [-0.1, -0.05) is 126 Å². The number of ether oxygens (including phenoxy) is 1. The molecule has 1 aliphatic carbocycles. The molecular weight excluding hydrogens is 727 g/mol. The van der Waals surface area contributed by atoms with Crippen LogP contribution in [0.2, 0.25) is 0 Å². The van der Waals surface area contributed by atoms with Crippen LogP contribution >= 0.6 is 0 Å². The quantitative estimate of drug-likeness (QED) is 0.170. The Kier molecular flexibility index (Phi) is 15.0. The van der Waals surface area contributed by atoms with Crippen molar-refractivity contribution < 1.29 is 36.8 Å². The van der Waals surface area contributed by atoms with Gasteiger partial charge >= 0.3 is 0 Å². The molecule has 0 aromatic heterocycles. The monoisotopic (exact) mass is 791 g/mol. The molecule has 55 heavy (non-hydrogen) atoms. The zero-order valence-corrected chi connectivity index (χ0v) is 36.2. The first-order valence-corrected chi connectivity index (χ1v) is 19.4. The molecule has 4 aromatic rings. The molecule has 0 amide bonds. The third-order valence-corrected chi connectivity index (χ3v) is 9.95. The van der Waals surface area contributed by atoms with Crippen molar-refractivity contribution in [2.75, 3.05) is 0 Å². The maximum absolute atomic E-state index is 11.2. The van der Waals surface area contributed by atoms with Gasteiger partial charge in [-0.2, -0.15) is 0 Å². The van der Waals surface area contributed by atoms with Gasteiger partial charge in [0.2, 0.25) is 0 Å². The molecule has 0 heterocycles. The fraction of sp³-hybridized carbons (Fsp3) is 0.458. The summed E-state index contributed by atoms with van der Waals surface area (Å²) in [4.78, 5) is 10.1. The van der Waals surface area contributed by atoms with E-state index < -0.39 is 0 Å². The van der Waals surface area contributed by atoms with Crippen LogP contribution in [0.1, 0.15) is 142 Å². The van der Waals surface area contributed by atoms with Crippen LogP contribution in [0, 0.1) is 0 Å². The van der Waals surface area contributed by atoms with E-state index >= 15 is 0 Å². The molecule has 0 spiro atoms. The standard InChI is InChI=1S/C36H54N2O2.C12H10O2.Co/c1-33(2,3)25-17-23(31(39)27(19-25)35(7,8)9)21-37-29-15-13-14-16-30(29)38-22-24-18-26(34(4,5)6)20-28(32(24)40)36(10,11)12;13-10-6-8-12(9-7-10)14-11-4-2-1-3-5-11;/h17-22,29-30,39-40H,13-16H2,1-12H3;1-9,13H;. The Bertz CT molecular complexity index is 1810. The number of rotatable bonds is 6. The van der Waals surface area contributed by atoms with Crippen LogP contribution in [0.15, 0.2) is 88.8 Å². The van der Waals surface area contributed by atoms with Crippen molar-refractivity contribution in [1.82, 2.24) is 0 Å². The van der Waals surface area contributed by atoms with Gasteiger partial charge in [0, 0.05) is 51.5 Å². The number of hydrogen-bond donors (Lipinski definition) is 3. The molecule has 2 unspecified atom stereocenters. The van der Waals surface area contributed by atoms with Crippen LogP contribution < -0.4 is 4.74 Å². The minimum Gasteiger partial charge on any atom is -0.508 e. The Labute approximate surface area is 341 Å². The molecule has 0 bridgehead atoms. The summed E-state index contributed by atoms with van der Waals surface area (Å²) in [5, 5.41) is 31.5. The summed E-state index contributed by atoms with van der Waals surface area (Å²) in [5.41, 5.74) is 5.39. The van der Waals surface area contributed by atoms with E-state index in [0.29, 0.717) is 17.2 Å². The van der Waals surface area contributed by atoms with E-state index in [1.165, 1.54) is 11.1 Å². The predicted octanol–water partition coefficient (Wildman–Crippen LogP) is 12.3. The van der Waals surface area contributed by atoms with E-state index in [4.69, 9.17) is 19.8 Å². The minimum absolute atomic E-state index is 0. The molecular formula is C48H64CoN2O4. The van der Waals surface area contributed by atoms with Crippen LogP contribution in [0.5, 0.6) is 28.7 Å². The SMILES string of the molecule is CC(C)(C)c1cc(C=NC2CCCCC2N=Cc2cc(C(C)(C)C)cc(C(C)(C)C)c2O)c(O)c(C(C)(C)C)c1.Oc1ccc(Oc2ccccc2)cc1.[Co]. The maximum atomic E-state index is 11.2. The van der Waals surface area contributed by atoms with E-state index in [0.717, 1.165) is 53.7 Å². The van der Waals surface area contributed by atoms with Crippen LogP contribution in [0.3, 0.4) is 0 Å². The molecule has 1 aliphatic rings. The second-order valence-corrected chi connectivity index (χ2v) is 18.8. The average Bonchev–Trinajstić information content (AvgIpc) is 3.07. The number of aromatic hydroxyl groups is 3. The van der Waals surface area contributed by atoms with Crippen molar-refractivity contribution in [3.8, 4) is 28.7 Å². The van der Waals surface area contributed by atoms with Crippen molar-refractivity contribution in [3.05, 3.63) is 112 Å². The molecule has 7 heteroatoms. The molecule has 1 fully saturated rings. The van der Waals surface area contributed by atoms with Crippen LogP contribution in [-0.4, -0.2) is 39.8 Å². The van der Waals surface area contributed by atoms with Gasteiger partial charge in [-0.25, -0.2) is 0 Å². The largest absolute Gasteiger partial charge is 0.508 e. The van der Waals surface area contributed by atoms with Gasteiger partial charge in [0.1, 0.15) is 28.7 Å². The van der Waals surface area contributed by atoms with Crippen molar-refractivity contribution in [1.29, 1.82) is 0 Å². The third kappa shape index (κ3) is 12.7. The van der Waals surface area contributed by atoms with Crippen molar-refractivity contribution in [2.24, 2.45) is 9.98 Å². The van der Waals surface area contributed by atoms with Crippen molar-refractivity contribution in [2.45, 2.75) is 143 Å². The molecule has 0 saturated heterocycles. The van der Waals surface area contributed by atoms with Gasteiger partial charge in [-0.15, -0.1) is 0 Å². The zero-order chi connectivity index (χ0) is 40.1. The molecule has 1 saturated carbocycles. The molecule has 5 rings (SSSR count). The topological polar surface area (TPSA) is 94.6 Å².